The third-order valence-electron chi connectivity index (χ3n) is 1.73. The van der Waals surface area contributed by atoms with E-state index in [4.69, 9.17) is 5.73 Å². The second-order valence-electron chi connectivity index (χ2n) is 3.60. The number of nitrogens with zero attached hydrogens (tertiary/aromatic N) is 2. The van der Waals surface area contributed by atoms with E-state index in [0.717, 1.165) is 6.54 Å². The van der Waals surface area contributed by atoms with Crippen LogP contribution >= 0.6 is 0 Å². The van der Waals surface area contributed by atoms with E-state index in [1.165, 1.54) is 0 Å². The quantitative estimate of drug-likeness (QED) is 0.651. The van der Waals surface area contributed by atoms with Crippen molar-refractivity contribution >= 4 is 0 Å². The summed E-state index contributed by atoms with van der Waals surface area (Å²) in [5, 5.41) is 0. The van der Waals surface area contributed by atoms with E-state index < -0.39 is 12.5 Å². The van der Waals surface area contributed by atoms with Gasteiger partial charge in [-0.3, -0.25) is 4.90 Å². The lowest BCUT2D eigenvalue weighted by atomic mass is 10.3. The van der Waals surface area contributed by atoms with Crippen LogP contribution in [0.1, 0.15) is 0 Å². The molecule has 0 bridgehead atoms. The van der Waals surface area contributed by atoms with E-state index in [1.807, 2.05) is 19.0 Å². The lowest BCUT2D eigenvalue weighted by Crippen LogP contribution is -2.42. The standard InChI is InChI=1S/C8H19F2N3/c1-12(2)4-5-13(3)7-8(9,10)6-11/h4-7,11H2,1-3H3. The number of alkyl halides is 2. The Labute approximate surface area is 78.5 Å². The van der Waals surface area contributed by atoms with Crippen LogP contribution in [0, 0.1) is 0 Å². The van der Waals surface area contributed by atoms with Crippen molar-refractivity contribution in [3.8, 4) is 0 Å². The van der Waals surface area contributed by atoms with Crippen LogP contribution in [0.3, 0.4) is 0 Å². The van der Waals surface area contributed by atoms with Gasteiger partial charge >= 0.3 is 0 Å². The molecule has 0 spiro atoms. The Morgan fingerprint density at radius 3 is 2.08 bits per heavy atom. The summed E-state index contributed by atoms with van der Waals surface area (Å²) >= 11 is 0. The second-order valence-corrected chi connectivity index (χ2v) is 3.60. The summed E-state index contributed by atoms with van der Waals surface area (Å²) in [6.45, 7) is 0.552. The highest BCUT2D eigenvalue weighted by Gasteiger charge is 2.28. The molecule has 0 aliphatic carbocycles. The van der Waals surface area contributed by atoms with Crippen molar-refractivity contribution in [2.45, 2.75) is 5.92 Å². The number of likely N-dealkylation sites (N-methyl/N-ethyl adjacent to an activating group) is 2. The molecular weight excluding hydrogens is 176 g/mol. The molecule has 0 unspecified atom stereocenters. The van der Waals surface area contributed by atoms with Gasteiger partial charge in [-0.1, -0.05) is 0 Å². The Bertz CT molecular complexity index is 139. The SMILES string of the molecule is CN(C)CCN(C)CC(F)(F)CN. The normalized spacial score (nSPS) is 12.9. The van der Waals surface area contributed by atoms with Crippen molar-refractivity contribution < 1.29 is 8.78 Å². The first-order valence-electron chi connectivity index (χ1n) is 4.28. The zero-order valence-electron chi connectivity index (χ0n) is 8.56. The van der Waals surface area contributed by atoms with Gasteiger partial charge < -0.3 is 10.6 Å². The Morgan fingerprint density at radius 2 is 1.69 bits per heavy atom. The number of hydrogen-bond acceptors (Lipinski definition) is 3. The first kappa shape index (κ1) is 12.7. The van der Waals surface area contributed by atoms with Crippen LogP contribution in [0.25, 0.3) is 0 Å². The first-order valence-corrected chi connectivity index (χ1v) is 4.28. The lowest BCUT2D eigenvalue weighted by Gasteiger charge is -2.23. The highest BCUT2D eigenvalue weighted by molar-refractivity contribution is 4.71. The smallest absolute Gasteiger partial charge is 0.272 e. The maximum Gasteiger partial charge on any atom is 0.272 e. The minimum absolute atomic E-state index is 0.267. The molecule has 13 heavy (non-hydrogen) atoms. The number of hydrogen-bond donors (Lipinski definition) is 1. The molecule has 80 valence electrons. The van der Waals surface area contributed by atoms with Crippen molar-refractivity contribution in [3.63, 3.8) is 0 Å². The molecule has 2 N–H and O–H groups in total. The molecule has 0 heterocycles. The Kier molecular flexibility index (Phi) is 5.36. The van der Waals surface area contributed by atoms with Crippen molar-refractivity contribution in [2.75, 3.05) is 47.3 Å². The third-order valence-corrected chi connectivity index (χ3v) is 1.73. The molecular formula is C8H19F2N3. The predicted molar refractivity (Wildman–Crippen MR) is 50.1 cm³/mol. The summed E-state index contributed by atoms with van der Waals surface area (Å²) in [6, 6.07) is 0. The Hall–Kier alpha value is -0.260. The molecule has 0 saturated carbocycles. The monoisotopic (exact) mass is 195 g/mol. The van der Waals surface area contributed by atoms with Crippen LogP contribution in [-0.4, -0.2) is 63.0 Å². The average molecular weight is 195 g/mol. The minimum Gasteiger partial charge on any atom is -0.325 e. The van der Waals surface area contributed by atoms with E-state index in [0.29, 0.717) is 6.54 Å². The molecule has 0 aromatic heterocycles. The predicted octanol–water partition coefficient (Wildman–Crippen LogP) is 0.0738. The van der Waals surface area contributed by atoms with Gasteiger partial charge in [0.25, 0.3) is 5.92 Å². The number of nitrogens with two attached hydrogens (primary N) is 1. The Morgan fingerprint density at radius 1 is 1.15 bits per heavy atom. The van der Waals surface area contributed by atoms with Gasteiger partial charge in [-0.2, -0.15) is 0 Å². The summed E-state index contributed by atoms with van der Waals surface area (Å²) in [7, 11) is 5.50. The zero-order chi connectivity index (χ0) is 10.5. The molecule has 0 aliphatic heterocycles. The maximum atomic E-state index is 12.7. The summed E-state index contributed by atoms with van der Waals surface area (Å²) in [5.41, 5.74) is 4.92. The van der Waals surface area contributed by atoms with Crippen molar-refractivity contribution in [2.24, 2.45) is 5.73 Å². The van der Waals surface area contributed by atoms with Crippen LogP contribution in [0.2, 0.25) is 0 Å². The Balaban J connectivity index is 3.67. The van der Waals surface area contributed by atoms with Gasteiger partial charge in [0.15, 0.2) is 0 Å². The van der Waals surface area contributed by atoms with Gasteiger partial charge in [0.05, 0.1) is 13.1 Å². The molecule has 5 heteroatoms. The topological polar surface area (TPSA) is 32.5 Å². The minimum atomic E-state index is -2.76. The van der Waals surface area contributed by atoms with E-state index in [-0.39, 0.29) is 6.54 Å². The van der Waals surface area contributed by atoms with E-state index in [9.17, 15) is 8.78 Å². The average Bonchev–Trinajstić information content (AvgIpc) is 2.00. The van der Waals surface area contributed by atoms with Gasteiger partial charge in [0.1, 0.15) is 0 Å². The van der Waals surface area contributed by atoms with Gasteiger partial charge in [0, 0.05) is 13.1 Å². The van der Waals surface area contributed by atoms with Crippen LogP contribution in [0.5, 0.6) is 0 Å². The number of rotatable bonds is 6. The number of halogens is 2. The highest BCUT2D eigenvalue weighted by Crippen LogP contribution is 2.11. The first-order chi connectivity index (χ1) is 5.87. The van der Waals surface area contributed by atoms with Crippen LogP contribution in [0.4, 0.5) is 8.78 Å². The van der Waals surface area contributed by atoms with Gasteiger partial charge in [-0.05, 0) is 21.1 Å². The fourth-order valence-corrected chi connectivity index (χ4v) is 0.909. The highest BCUT2D eigenvalue weighted by atomic mass is 19.3. The van der Waals surface area contributed by atoms with E-state index in [1.54, 1.807) is 11.9 Å². The van der Waals surface area contributed by atoms with Crippen molar-refractivity contribution in [1.29, 1.82) is 0 Å². The molecule has 0 aromatic rings. The van der Waals surface area contributed by atoms with Crippen molar-refractivity contribution in [3.05, 3.63) is 0 Å². The summed E-state index contributed by atoms with van der Waals surface area (Å²) in [5.74, 6) is -2.76. The molecule has 0 saturated heterocycles. The van der Waals surface area contributed by atoms with Gasteiger partial charge in [0.2, 0.25) is 0 Å². The van der Waals surface area contributed by atoms with Crippen LogP contribution < -0.4 is 5.73 Å². The molecule has 3 nitrogen and oxygen atoms in total. The van der Waals surface area contributed by atoms with Crippen molar-refractivity contribution in [1.82, 2.24) is 9.80 Å². The molecule has 0 fully saturated rings. The molecule has 0 radical (unpaired) electrons. The molecule has 0 rings (SSSR count). The largest absolute Gasteiger partial charge is 0.325 e. The summed E-state index contributed by atoms with van der Waals surface area (Å²) in [6.07, 6.45) is 0. The van der Waals surface area contributed by atoms with E-state index in [2.05, 4.69) is 0 Å². The molecule has 0 aliphatic rings. The fourth-order valence-electron chi connectivity index (χ4n) is 0.909. The molecule has 0 atom stereocenters. The summed E-state index contributed by atoms with van der Waals surface area (Å²) in [4.78, 5) is 3.55. The maximum absolute atomic E-state index is 12.7. The molecule has 0 aromatic carbocycles. The second kappa shape index (κ2) is 5.47. The molecule has 0 amide bonds. The summed E-state index contributed by atoms with van der Waals surface area (Å²) < 4.78 is 25.5. The lowest BCUT2D eigenvalue weighted by molar-refractivity contribution is -0.0182. The van der Waals surface area contributed by atoms with Gasteiger partial charge in [-0.25, -0.2) is 8.78 Å². The fraction of sp³-hybridized carbons (Fsp3) is 1.00. The zero-order valence-corrected chi connectivity index (χ0v) is 8.56. The van der Waals surface area contributed by atoms with Crippen LogP contribution in [0.15, 0.2) is 0 Å². The van der Waals surface area contributed by atoms with E-state index >= 15 is 0 Å². The van der Waals surface area contributed by atoms with Crippen LogP contribution in [-0.2, 0) is 0 Å². The third kappa shape index (κ3) is 6.86. The van der Waals surface area contributed by atoms with Gasteiger partial charge in [-0.15, -0.1) is 0 Å².